The highest BCUT2D eigenvalue weighted by atomic mass is 35.5. The van der Waals surface area contributed by atoms with Crippen LogP contribution in [0.4, 0.5) is 0 Å². The molecule has 0 saturated heterocycles. The molecule has 1 unspecified atom stereocenters. The number of carbonyl (C=O) groups is 2. The van der Waals surface area contributed by atoms with Crippen LogP contribution in [0, 0.1) is 5.92 Å². The molecule has 1 aliphatic carbocycles. The Kier molecular flexibility index (Phi) is 3.51. The molecule has 0 bridgehead atoms. The second-order valence-corrected chi connectivity index (χ2v) is 4.04. The summed E-state index contributed by atoms with van der Waals surface area (Å²) in [4.78, 5) is 21.9. The third-order valence-electron chi connectivity index (χ3n) is 2.28. The highest BCUT2D eigenvalue weighted by Gasteiger charge is 2.24. The lowest BCUT2D eigenvalue weighted by atomic mass is 9.86. The summed E-state index contributed by atoms with van der Waals surface area (Å²) < 4.78 is 0. The fraction of sp³-hybridized carbons (Fsp3) is 0.556. The number of hydrogen-bond donors (Lipinski definition) is 0. The van der Waals surface area contributed by atoms with E-state index < -0.39 is 10.5 Å². The molecule has 0 saturated carbocycles. The quantitative estimate of drug-likeness (QED) is 0.671. The van der Waals surface area contributed by atoms with Crippen LogP contribution in [-0.4, -0.2) is 10.5 Å². The maximum Gasteiger partial charge on any atom is 0.248 e. The van der Waals surface area contributed by atoms with Gasteiger partial charge in [-0.2, -0.15) is 0 Å². The van der Waals surface area contributed by atoms with Crippen molar-refractivity contribution >= 4 is 33.7 Å². The maximum absolute atomic E-state index is 11.0. The number of carbonyl (C=O) groups excluding carboxylic acids is 2. The van der Waals surface area contributed by atoms with Gasteiger partial charge in [-0.3, -0.25) is 9.59 Å². The highest BCUT2D eigenvalue weighted by Crippen LogP contribution is 2.31. The van der Waals surface area contributed by atoms with Crippen LogP contribution in [0.25, 0.3) is 0 Å². The molecule has 1 rings (SSSR count). The zero-order chi connectivity index (χ0) is 10.0. The molecule has 13 heavy (non-hydrogen) atoms. The van der Waals surface area contributed by atoms with E-state index in [0.717, 1.165) is 6.42 Å². The average Bonchev–Trinajstić information content (AvgIpc) is 2.03. The number of rotatable bonds is 2. The summed E-state index contributed by atoms with van der Waals surface area (Å²) >= 11 is 10.7. The molecule has 1 aliphatic rings. The van der Waals surface area contributed by atoms with Crippen LogP contribution in [0.2, 0.25) is 0 Å². The molecule has 2 nitrogen and oxygen atoms in total. The van der Waals surface area contributed by atoms with Crippen molar-refractivity contribution in [1.29, 1.82) is 0 Å². The fourth-order valence-corrected chi connectivity index (χ4v) is 1.93. The first kappa shape index (κ1) is 10.7. The maximum atomic E-state index is 11.0. The summed E-state index contributed by atoms with van der Waals surface area (Å²) in [7, 11) is 0. The molecular weight excluding hydrogens is 211 g/mol. The molecule has 0 N–H and O–H groups in total. The molecule has 0 aromatic rings. The van der Waals surface area contributed by atoms with Gasteiger partial charge in [0, 0.05) is 11.1 Å². The third kappa shape index (κ3) is 2.55. The molecule has 0 spiro atoms. The van der Waals surface area contributed by atoms with Gasteiger partial charge in [0.05, 0.1) is 0 Å². The summed E-state index contributed by atoms with van der Waals surface area (Å²) in [6.45, 7) is 2.02. The minimum absolute atomic E-state index is 0.400. The molecule has 0 aromatic carbocycles. The molecule has 0 amide bonds. The van der Waals surface area contributed by atoms with Crippen LogP contribution < -0.4 is 0 Å². The Hall–Kier alpha value is -0.340. The van der Waals surface area contributed by atoms with Gasteiger partial charge >= 0.3 is 0 Å². The Morgan fingerprint density at radius 3 is 2.23 bits per heavy atom. The Morgan fingerprint density at radius 1 is 1.23 bits per heavy atom. The molecule has 0 aliphatic heterocycles. The lowest BCUT2D eigenvalue weighted by Crippen LogP contribution is -2.14. The smallest absolute Gasteiger partial charge is 0.248 e. The van der Waals surface area contributed by atoms with Crippen LogP contribution >= 0.6 is 23.2 Å². The molecule has 0 radical (unpaired) electrons. The van der Waals surface area contributed by atoms with E-state index in [9.17, 15) is 9.59 Å². The van der Waals surface area contributed by atoms with Gasteiger partial charge < -0.3 is 0 Å². The number of allylic oxidation sites excluding steroid dienone is 2. The van der Waals surface area contributed by atoms with Crippen LogP contribution in [0.5, 0.6) is 0 Å². The van der Waals surface area contributed by atoms with Crippen molar-refractivity contribution in [2.75, 3.05) is 0 Å². The van der Waals surface area contributed by atoms with E-state index in [0.29, 0.717) is 29.9 Å². The Labute approximate surface area is 86.9 Å². The summed E-state index contributed by atoms with van der Waals surface area (Å²) in [5, 5.41) is -1.09. The van der Waals surface area contributed by atoms with Crippen molar-refractivity contribution in [1.82, 2.24) is 0 Å². The van der Waals surface area contributed by atoms with Crippen molar-refractivity contribution in [3.05, 3.63) is 11.1 Å². The van der Waals surface area contributed by atoms with Gasteiger partial charge in [0.25, 0.3) is 0 Å². The summed E-state index contributed by atoms with van der Waals surface area (Å²) in [5.41, 5.74) is 0.806. The van der Waals surface area contributed by atoms with Gasteiger partial charge in [0.2, 0.25) is 10.5 Å². The van der Waals surface area contributed by atoms with Crippen molar-refractivity contribution in [3.8, 4) is 0 Å². The van der Waals surface area contributed by atoms with E-state index in [-0.39, 0.29) is 0 Å². The van der Waals surface area contributed by atoms with Gasteiger partial charge in [-0.15, -0.1) is 0 Å². The minimum Gasteiger partial charge on any atom is -0.276 e. The molecule has 4 heteroatoms. The first-order chi connectivity index (χ1) is 6.02. The predicted octanol–water partition coefficient (Wildman–Crippen LogP) is 2.63. The molecule has 72 valence electrons. The number of hydrogen-bond acceptors (Lipinski definition) is 2. The van der Waals surface area contributed by atoms with Crippen LogP contribution in [0.15, 0.2) is 11.1 Å². The first-order valence-electron chi connectivity index (χ1n) is 4.14. The third-order valence-corrected chi connectivity index (χ3v) is 2.73. The lowest BCUT2D eigenvalue weighted by Gasteiger charge is -2.20. The van der Waals surface area contributed by atoms with E-state index in [1.807, 2.05) is 6.92 Å². The Bertz CT molecular complexity index is 281. The molecular formula is C9H10Cl2O2. The molecule has 0 aromatic heterocycles. The second-order valence-electron chi connectivity index (χ2n) is 3.35. The molecule has 0 fully saturated rings. The summed E-state index contributed by atoms with van der Waals surface area (Å²) in [6, 6.07) is 0. The topological polar surface area (TPSA) is 34.1 Å². The Balaban J connectivity index is 3.01. The van der Waals surface area contributed by atoms with Gasteiger partial charge in [0.1, 0.15) is 0 Å². The van der Waals surface area contributed by atoms with Crippen LogP contribution in [0.3, 0.4) is 0 Å². The number of halogens is 2. The van der Waals surface area contributed by atoms with E-state index in [2.05, 4.69) is 0 Å². The Morgan fingerprint density at radius 2 is 1.77 bits per heavy atom. The van der Waals surface area contributed by atoms with E-state index >= 15 is 0 Å². The monoisotopic (exact) mass is 220 g/mol. The SMILES string of the molecule is CC1CCC(C(=O)Cl)=C(C(=O)Cl)C1. The van der Waals surface area contributed by atoms with Crippen LogP contribution in [0.1, 0.15) is 26.2 Å². The van der Waals surface area contributed by atoms with Gasteiger partial charge in [-0.25, -0.2) is 0 Å². The largest absolute Gasteiger partial charge is 0.276 e. The van der Waals surface area contributed by atoms with Gasteiger partial charge in [-0.05, 0) is 48.4 Å². The second kappa shape index (κ2) is 4.25. The van der Waals surface area contributed by atoms with Crippen molar-refractivity contribution < 1.29 is 9.59 Å². The highest BCUT2D eigenvalue weighted by molar-refractivity contribution is 6.71. The molecule has 0 heterocycles. The zero-order valence-corrected chi connectivity index (χ0v) is 8.78. The van der Waals surface area contributed by atoms with Crippen LogP contribution in [-0.2, 0) is 9.59 Å². The zero-order valence-electron chi connectivity index (χ0n) is 7.27. The van der Waals surface area contributed by atoms with Gasteiger partial charge in [-0.1, -0.05) is 6.92 Å². The van der Waals surface area contributed by atoms with Crippen molar-refractivity contribution in [3.63, 3.8) is 0 Å². The first-order valence-corrected chi connectivity index (χ1v) is 4.89. The van der Waals surface area contributed by atoms with E-state index in [1.165, 1.54) is 0 Å². The van der Waals surface area contributed by atoms with Crippen molar-refractivity contribution in [2.45, 2.75) is 26.2 Å². The predicted molar refractivity (Wildman–Crippen MR) is 51.8 cm³/mol. The standard InChI is InChI=1S/C9H10Cl2O2/c1-5-2-3-6(8(10)12)7(4-5)9(11)13/h5H,2-4H2,1H3. The van der Waals surface area contributed by atoms with E-state index in [4.69, 9.17) is 23.2 Å². The lowest BCUT2D eigenvalue weighted by molar-refractivity contribution is -0.111. The average molecular weight is 221 g/mol. The fourth-order valence-electron chi connectivity index (χ4n) is 1.53. The van der Waals surface area contributed by atoms with E-state index in [1.54, 1.807) is 0 Å². The summed E-state index contributed by atoms with van der Waals surface area (Å²) in [6.07, 6.45) is 2.02. The minimum atomic E-state index is -0.546. The normalized spacial score (nSPS) is 23.2. The van der Waals surface area contributed by atoms with Gasteiger partial charge in [0.15, 0.2) is 0 Å². The summed E-state index contributed by atoms with van der Waals surface area (Å²) in [5.74, 6) is 0.400. The van der Waals surface area contributed by atoms with Crippen molar-refractivity contribution in [2.24, 2.45) is 5.92 Å². The molecule has 1 atom stereocenters.